The van der Waals surface area contributed by atoms with Crippen LogP contribution in [0.25, 0.3) is 10.2 Å². The first kappa shape index (κ1) is 20.1. The second-order valence-corrected chi connectivity index (χ2v) is 9.20. The molecule has 4 heterocycles. The van der Waals surface area contributed by atoms with E-state index in [0.29, 0.717) is 29.2 Å². The number of carbonyl (C=O) groups excluding carboxylic acids is 1. The summed E-state index contributed by atoms with van der Waals surface area (Å²) in [6.45, 7) is 5.10. The van der Waals surface area contributed by atoms with Crippen LogP contribution in [0.15, 0.2) is 18.2 Å². The predicted octanol–water partition coefficient (Wildman–Crippen LogP) is 2.42. The van der Waals surface area contributed by atoms with Crippen LogP contribution in [0.2, 0.25) is 0 Å². The summed E-state index contributed by atoms with van der Waals surface area (Å²) in [4.78, 5) is 25.3. The number of nitrogens with two attached hydrogens (primary N) is 1. The molecule has 7 nitrogen and oxygen atoms in total. The number of piperazine rings is 1. The van der Waals surface area contributed by atoms with E-state index in [4.69, 9.17) is 5.73 Å². The van der Waals surface area contributed by atoms with Crippen LogP contribution in [0.3, 0.4) is 0 Å². The van der Waals surface area contributed by atoms with Crippen molar-refractivity contribution in [2.45, 2.75) is 32.2 Å². The van der Waals surface area contributed by atoms with E-state index in [0.717, 1.165) is 59.8 Å². The smallest absolute Gasteiger partial charge is 0.263 e. The van der Waals surface area contributed by atoms with E-state index in [1.165, 1.54) is 11.3 Å². The number of pyridine rings is 2. The van der Waals surface area contributed by atoms with Crippen molar-refractivity contribution in [1.82, 2.24) is 20.6 Å². The van der Waals surface area contributed by atoms with Crippen LogP contribution in [0, 0.1) is 12.7 Å². The Balaban J connectivity index is 1.32. The van der Waals surface area contributed by atoms with Gasteiger partial charge in [0.2, 0.25) is 0 Å². The molecule has 1 amide bonds. The molecular weight excluding hydrogens is 415 g/mol. The topological polar surface area (TPSA) is 96.2 Å². The zero-order valence-corrected chi connectivity index (χ0v) is 18.2. The molecule has 4 N–H and O–H groups in total. The first-order chi connectivity index (χ1) is 15.0. The van der Waals surface area contributed by atoms with Gasteiger partial charge >= 0.3 is 0 Å². The molecule has 1 aliphatic carbocycles. The zero-order chi connectivity index (χ0) is 21.5. The van der Waals surface area contributed by atoms with E-state index in [9.17, 15) is 9.18 Å². The van der Waals surface area contributed by atoms with Crippen LogP contribution >= 0.6 is 11.3 Å². The van der Waals surface area contributed by atoms with Crippen molar-refractivity contribution in [3.05, 3.63) is 45.8 Å². The van der Waals surface area contributed by atoms with E-state index in [-0.39, 0.29) is 17.8 Å². The van der Waals surface area contributed by atoms with Crippen LogP contribution in [0.4, 0.5) is 15.9 Å². The van der Waals surface area contributed by atoms with E-state index in [1.807, 2.05) is 24.0 Å². The average molecular weight is 441 g/mol. The van der Waals surface area contributed by atoms with E-state index < -0.39 is 0 Å². The number of carbonyl (C=O) groups is 1. The molecule has 5 rings (SSSR count). The summed E-state index contributed by atoms with van der Waals surface area (Å²) in [6, 6.07) is 5.31. The third-order valence-electron chi connectivity index (χ3n) is 6.01. The summed E-state index contributed by atoms with van der Waals surface area (Å²) in [7, 11) is 0. The number of thiophene rings is 1. The van der Waals surface area contributed by atoms with Crippen LogP contribution in [-0.2, 0) is 12.8 Å². The van der Waals surface area contributed by atoms with Gasteiger partial charge in [-0.25, -0.2) is 14.4 Å². The fourth-order valence-electron chi connectivity index (χ4n) is 4.36. The molecule has 1 fully saturated rings. The number of fused-ring (bicyclic) bond motifs is 2. The molecule has 9 heteroatoms. The first-order valence-electron chi connectivity index (χ1n) is 10.6. The molecule has 0 unspecified atom stereocenters. The number of hydrogen-bond acceptors (Lipinski definition) is 7. The molecule has 0 radical (unpaired) electrons. The van der Waals surface area contributed by atoms with E-state index >= 15 is 0 Å². The summed E-state index contributed by atoms with van der Waals surface area (Å²) in [5.74, 6) is -0.0381. The molecule has 2 aliphatic rings. The Labute approximate surface area is 183 Å². The van der Waals surface area contributed by atoms with Crippen molar-refractivity contribution in [3.8, 4) is 0 Å². The van der Waals surface area contributed by atoms with Crippen molar-refractivity contribution in [2.75, 3.05) is 36.8 Å². The number of aryl methyl sites for hydroxylation is 2. The first-order valence-corrected chi connectivity index (χ1v) is 11.4. The van der Waals surface area contributed by atoms with Crippen LogP contribution in [-0.4, -0.2) is 48.1 Å². The van der Waals surface area contributed by atoms with Crippen molar-refractivity contribution in [1.29, 1.82) is 0 Å². The summed E-state index contributed by atoms with van der Waals surface area (Å²) >= 11 is 1.31. The minimum atomic E-state index is -0.289. The van der Waals surface area contributed by atoms with Crippen LogP contribution in [0.1, 0.15) is 33.0 Å². The van der Waals surface area contributed by atoms with Gasteiger partial charge in [-0.05, 0) is 49.9 Å². The lowest BCUT2D eigenvalue weighted by molar-refractivity contribution is 0.0938. The Bertz CT molecular complexity index is 1160. The molecule has 1 atom stereocenters. The average Bonchev–Trinajstić information content (AvgIpc) is 3.09. The van der Waals surface area contributed by atoms with Crippen LogP contribution < -0.4 is 21.3 Å². The molecule has 0 bridgehead atoms. The Hall–Kier alpha value is -2.78. The highest BCUT2D eigenvalue weighted by Gasteiger charge is 2.27. The Morgan fingerprint density at radius 2 is 2.13 bits per heavy atom. The quantitative estimate of drug-likeness (QED) is 0.579. The van der Waals surface area contributed by atoms with Gasteiger partial charge in [0, 0.05) is 49.0 Å². The van der Waals surface area contributed by atoms with Crippen LogP contribution in [0.5, 0.6) is 0 Å². The highest BCUT2D eigenvalue weighted by atomic mass is 32.1. The molecule has 31 heavy (non-hydrogen) atoms. The summed E-state index contributed by atoms with van der Waals surface area (Å²) in [6.07, 6.45) is 2.04. The summed E-state index contributed by atoms with van der Waals surface area (Å²) in [5, 5.41) is 7.17. The van der Waals surface area contributed by atoms with Gasteiger partial charge in [0.15, 0.2) is 11.6 Å². The molecule has 0 spiro atoms. The van der Waals surface area contributed by atoms with E-state index in [1.54, 1.807) is 6.07 Å². The van der Waals surface area contributed by atoms with Gasteiger partial charge in [0.05, 0.1) is 5.69 Å². The molecule has 162 valence electrons. The van der Waals surface area contributed by atoms with Gasteiger partial charge < -0.3 is 21.3 Å². The molecule has 0 saturated carbocycles. The van der Waals surface area contributed by atoms with E-state index in [2.05, 4.69) is 20.6 Å². The Morgan fingerprint density at radius 3 is 2.94 bits per heavy atom. The number of amides is 1. The lowest BCUT2D eigenvalue weighted by Crippen LogP contribution is -2.44. The number of rotatable bonds is 3. The van der Waals surface area contributed by atoms with Gasteiger partial charge in [-0.2, -0.15) is 0 Å². The second kappa shape index (κ2) is 8.05. The van der Waals surface area contributed by atoms with Crippen molar-refractivity contribution in [3.63, 3.8) is 0 Å². The molecule has 1 aliphatic heterocycles. The lowest BCUT2D eigenvalue weighted by Gasteiger charge is -2.31. The monoisotopic (exact) mass is 440 g/mol. The maximum atomic E-state index is 14.8. The fourth-order valence-corrected chi connectivity index (χ4v) is 5.40. The standard InChI is InChI=1S/C22H25FN6OS/c1-12-2-4-15-18(24)19(31-22(15)26-12)21(30)27-14-3-5-17-13(10-14)11-16(23)20(28-17)29-8-6-25-7-9-29/h2,4,11,14,25H,3,5-10,24H2,1H3,(H,27,30)/t14-/m1/s1. The minimum absolute atomic E-state index is 0.0782. The Morgan fingerprint density at radius 1 is 1.32 bits per heavy atom. The number of halogens is 1. The number of anilines is 2. The fraction of sp³-hybridized carbons (Fsp3) is 0.409. The number of aromatic nitrogens is 2. The number of nitrogens with zero attached hydrogens (tertiary/aromatic N) is 3. The van der Waals surface area contributed by atoms with Gasteiger partial charge in [-0.3, -0.25) is 4.79 Å². The van der Waals surface area contributed by atoms with Crippen molar-refractivity contribution >= 4 is 39.0 Å². The molecule has 3 aromatic rings. The summed E-state index contributed by atoms with van der Waals surface area (Å²) in [5.41, 5.74) is 9.38. The highest BCUT2D eigenvalue weighted by Crippen LogP contribution is 2.33. The maximum absolute atomic E-state index is 14.8. The minimum Gasteiger partial charge on any atom is -0.397 e. The molecule has 1 saturated heterocycles. The number of nitrogen functional groups attached to an aromatic ring is 1. The SMILES string of the molecule is Cc1ccc2c(N)c(C(=O)N[C@@H]3CCc4nc(N5CCNCC5)c(F)cc4C3)sc2n1. The second-order valence-electron chi connectivity index (χ2n) is 8.20. The maximum Gasteiger partial charge on any atom is 0.263 e. The molecule has 0 aromatic carbocycles. The lowest BCUT2D eigenvalue weighted by atomic mass is 9.91. The number of nitrogens with one attached hydrogen (secondary N) is 2. The van der Waals surface area contributed by atoms with Gasteiger partial charge in [-0.15, -0.1) is 11.3 Å². The van der Waals surface area contributed by atoms with Crippen molar-refractivity contribution < 1.29 is 9.18 Å². The third-order valence-corrected chi connectivity index (χ3v) is 7.13. The van der Waals surface area contributed by atoms with Gasteiger partial charge in [0.25, 0.3) is 5.91 Å². The largest absolute Gasteiger partial charge is 0.397 e. The summed E-state index contributed by atoms with van der Waals surface area (Å²) < 4.78 is 14.8. The molecule has 3 aromatic heterocycles. The highest BCUT2D eigenvalue weighted by molar-refractivity contribution is 7.21. The zero-order valence-electron chi connectivity index (χ0n) is 17.4. The van der Waals surface area contributed by atoms with Gasteiger partial charge in [0.1, 0.15) is 9.71 Å². The number of hydrogen-bond donors (Lipinski definition) is 3. The third kappa shape index (κ3) is 3.83. The Kier molecular flexibility index (Phi) is 5.23. The molecular formula is C22H25FN6OS. The van der Waals surface area contributed by atoms with Crippen molar-refractivity contribution in [2.24, 2.45) is 0 Å². The normalized spacial score (nSPS) is 18.8. The predicted molar refractivity (Wildman–Crippen MR) is 121 cm³/mol. The van der Waals surface area contributed by atoms with Gasteiger partial charge in [-0.1, -0.05) is 0 Å².